The lowest BCUT2D eigenvalue weighted by Gasteiger charge is -2.33. The molecule has 1 aliphatic heterocycles. The highest BCUT2D eigenvalue weighted by atomic mass is 16.7. The number of rotatable bonds is 4. The summed E-state index contributed by atoms with van der Waals surface area (Å²) >= 11 is 0. The predicted octanol–water partition coefficient (Wildman–Crippen LogP) is 3.06. The topological polar surface area (TPSA) is 68.2 Å². The fourth-order valence-corrected chi connectivity index (χ4v) is 3.62. The maximum atomic E-state index is 11.3. The van der Waals surface area contributed by atoms with Crippen LogP contribution in [0.25, 0.3) is 0 Å². The Hall–Kier alpha value is -2.21. The molecule has 1 aromatic carbocycles. The molecule has 3 rings (SSSR count). The van der Waals surface area contributed by atoms with Gasteiger partial charge in [-0.15, -0.1) is 0 Å². The van der Waals surface area contributed by atoms with Gasteiger partial charge in [-0.2, -0.15) is 0 Å². The first-order valence-electron chi connectivity index (χ1n) is 8.64. The summed E-state index contributed by atoms with van der Waals surface area (Å²) in [5.41, 5.74) is 2.76. The molecule has 0 aromatic heterocycles. The van der Waals surface area contributed by atoms with Gasteiger partial charge < -0.3 is 19.3 Å². The second-order valence-corrected chi connectivity index (χ2v) is 6.65. The number of benzene rings is 1. The number of aliphatic hydroxyl groups is 1. The minimum Gasteiger partial charge on any atom is -0.509 e. The fourth-order valence-electron chi connectivity index (χ4n) is 3.62. The highest BCUT2D eigenvalue weighted by Crippen LogP contribution is 2.30. The minimum absolute atomic E-state index is 0.139. The van der Waals surface area contributed by atoms with Gasteiger partial charge in [0.25, 0.3) is 0 Å². The molecular weight excluding hydrogens is 322 g/mol. The zero-order chi connectivity index (χ0) is 17.8. The molecule has 0 saturated heterocycles. The Bertz CT molecular complexity index is 670. The van der Waals surface area contributed by atoms with Crippen molar-refractivity contribution >= 4 is 6.16 Å². The summed E-state index contributed by atoms with van der Waals surface area (Å²) in [6, 6.07) is 6.32. The van der Waals surface area contributed by atoms with Gasteiger partial charge in [0.2, 0.25) is 0 Å². The van der Waals surface area contributed by atoms with Crippen LogP contribution in [0.2, 0.25) is 0 Å². The van der Waals surface area contributed by atoms with Crippen LogP contribution < -0.4 is 4.74 Å². The number of carbonyl (C=O) groups excluding carboxylic acids is 1. The van der Waals surface area contributed by atoms with Crippen molar-refractivity contribution in [3.8, 4) is 5.75 Å². The number of hydrogen-bond donors (Lipinski definition) is 1. The van der Waals surface area contributed by atoms with Crippen LogP contribution in [0.4, 0.5) is 4.79 Å². The van der Waals surface area contributed by atoms with E-state index in [0.29, 0.717) is 24.6 Å². The molecule has 1 atom stereocenters. The molecule has 0 radical (unpaired) electrons. The lowest BCUT2D eigenvalue weighted by atomic mass is 9.83. The zero-order valence-electron chi connectivity index (χ0n) is 14.8. The van der Waals surface area contributed by atoms with Crippen LogP contribution >= 0.6 is 0 Å². The normalized spacial score (nSPS) is 20.8. The summed E-state index contributed by atoms with van der Waals surface area (Å²) in [5, 5.41) is 9.93. The first kappa shape index (κ1) is 17.6. The van der Waals surface area contributed by atoms with E-state index in [4.69, 9.17) is 9.47 Å². The van der Waals surface area contributed by atoms with E-state index in [9.17, 15) is 9.90 Å². The zero-order valence-corrected chi connectivity index (χ0v) is 14.8. The Kier molecular flexibility index (Phi) is 5.48. The summed E-state index contributed by atoms with van der Waals surface area (Å²) in [7, 11) is 2.95. The van der Waals surface area contributed by atoms with Crippen molar-refractivity contribution in [1.82, 2.24) is 4.90 Å². The van der Waals surface area contributed by atoms with E-state index >= 15 is 0 Å². The first-order chi connectivity index (χ1) is 12.1. The summed E-state index contributed by atoms with van der Waals surface area (Å²) in [6.45, 7) is 2.11. The van der Waals surface area contributed by atoms with Crippen molar-refractivity contribution in [3.63, 3.8) is 0 Å². The van der Waals surface area contributed by atoms with E-state index < -0.39 is 6.16 Å². The van der Waals surface area contributed by atoms with Gasteiger partial charge in [-0.3, -0.25) is 4.90 Å². The fraction of sp³-hybridized carbons (Fsp3) is 0.526. The molecule has 0 bridgehead atoms. The molecule has 0 saturated carbocycles. The highest BCUT2D eigenvalue weighted by molar-refractivity contribution is 5.61. The smallest absolute Gasteiger partial charge is 0.509 e. The van der Waals surface area contributed by atoms with Gasteiger partial charge in [0.1, 0.15) is 11.5 Å². The molecule has 1 aromatic rings. The highest BCUT2D eigenvalue weighted by Gasteiger charge is 2.26. The van der Waals surface area contributed by atoms with E-state index in [-0.39, 0.29) is 5.76 Å². The summed E-state index contributed by atoms with van der Waals surface area (Å²) in [4.78, 5) is 13.5. The number of hydrogen-bond acceptors (Lipinski definition) is 6. The Morgan fingerprint density at radius 1 is 1.28 bits per heavy atom. The standard InChI is InChI=1S/C19H25NO5/c1-23-16-6-5-14-4-3-13(9-15(14)10-16)11-20-8-7-17(21)18(12-20)25-19(22)24-2/h5-6,10,13,21H,3-4,7-9,11-12H2,1-2H3. The first-order valence-corrected chi connectivity index (χ1v) is 8.64. The van der Waals surface area contributed by atoms with E-state index in [0.717, 1.165) is 38.1 Å². The third-order valence-corrected chi connectivity index (χ3v) is 4.99. The Balaban J connectivity index is 1.60. The van der Waals surface area contributed by atoms with E-state index in [2.05, 4.69) is 21.8 Å². The number of fused-ring (bicyclic) bond motifs is 1. The molecule has 136 valence electrons. The van der Waals surface area contributed by atoms with Gasteiger partial charge in [0.15, 0.2) is 5.76 Å². The maximum absolute atomic E-state index is 11.3. The van der Waals surface area contributed by atoms with Crippen LogP contribution in [-0.4, -0.2) is 50.0 Å². The number of methoxy groups -OCH3 is 2. The molecule has 1 unspecified atom stereocenters. The Labute approximate surface area is 148 Å². The largest absolute Gasteiger partial charge is 0.513 e. The molecule has 2 aliphatic rings. The molecule has 0 spiro atoms. The van der Waals surface area contributed by atoms with Crippen LogP contribution in [-0.2, 0) is 22.3 Å². The van der Waals surface area contributed by atoms with Gasteiger partial charge in [0, 0.05) is 19.5 Å². The van der Waals surface area contributed by atoms with Crippen molar-refractivity contribution in [3.05, 3.63) is 40.8 Å². The quantitative estimate of drug-likeness (QED) is 0.845. The SMILES string of the molecule is COC(=O)OC1=C(O)CCN(CC2CCc3ccc(OC)cc3C2)C1. The Morgan fingerprint density at radius 2 is 2.12 bits per heavy atom. The van der Waals surface area contributed by atoms with E-state index in [1.807, 2.05) is 6.07 Å². The van der Waals surface area contributed by atoms with Crippen LogP contribution in [0.5, 0.6) is 5.75 Å². The van der Waals surface area contributed by atoms with Crippen molar-refractivity contribution in [2.75, 3.05) is 33.9 Å². The number of aliphatic hydroxyl groups excluding tert-OH is 1. The van der Waals surface area contributed by atoms with Crippen molar-refractivity contribution in [2.24, 2.45) is 5.92 Å². The van der Waals surface area contributed by atoms with Crippen LogP contribution in [0, 0.1) is 5.92 Å². The monoisotopic (exact) mass is 347 g/mol. The van der Waals surface area contributed by atoms with E-state index in [1.54, 1.807) is 7.11 Å². The van der Waals surface area contributed by atoms with Crippen molar-refractivity contribution < 1.29 is 24.1 Å². The lowest BCUT2D eigenvalue weighted by Crippen LogP contribution is -2.38. The van der Waals surface area contributed by atoms with Crippen LogP contribution in [0.3, 0.4) is 0 Å². The lowest BCUT2D eigenvalue weighted by molar-refractivity contribution is 0.0765. The van der Waals surface area contributed by atoms with Crippen molar-refractivity contribution in [1.29, 1.82) is 0 Å². The number of ether oxygens (including phenoxy) is 3. The van der Waals surface area contributed by atoms with Gasteiger partial charge in [-0.1, -0.05) is 6.07 Å². The molecule has 1 aliphatic carbocycles. The number of nitrogens with zero attached hydrogens (tertiary/aromatic N) is 1. The predicted molar refractivity (Wildman–Crippen MR) is 92.7 cm³/mol. The number of aryl methyl sites for hydroxylation is 1. The summed E-state index contributed by atoms with van der Waals surface area (Å²) < 4.78 is 14.9. The van der Waals surface area contributed by atoms with Gasteiger partial charge in [-0.25, -0.2) is 4.79 Å². The second-order valence-electron chi connectivity index (χ2n) is 6.65. The minimum atomic E-state index is -0.790. The molecule has 0 amide bonds. The number of carbonyl (C=O) groups is 1. The Morgan fingerprint density at radius 3 is 2.88 bits per heavy atom. The van der Waals surface area contributed by atoms with Gasteiger partial charge in [0.05, 0.1) is 20.8 Å². The average Bonchev–Trinajstić information content (AvgIpc) is 2.63. The molecule has 1 N–H and O–H groups in total. The molecule has 6 nitrogen and oxygen atoms in total. The molecule has 1 heterocycles. The molecular formula is C19H25NO5. The van der Waals surface area contributed by atoms with Gasteiger partial charge >= 0.3 is 6.16 Å². The third-order valence-electron chi connectivity index (χ3n) is 4.99. The second kappa shape index (κ2) is 7.78. The maximum Gasteiger partial charge on any atom is 0.513 e. The van der Waals surface area contributed by atoms with E-state index in [1.165, 1.54) is 18.2 Å². The van der Waals surface area contributed by atoms with Crippen LogP contribution in [0.15, 0.2) is 29.7 Å². The third kappa shape index (κ3) is 4.25. The molecule has 25 heavy (non-hydrogen) atoms. The van der Waals surface area contributed by atoms with Crippen molar-refractivity contribution in [2.45, 2.75) is 25.7 Å². The summed E-state index contributed by atoms with van der Waals surface area (Å²) in [6.07, 6.45) is 2.93. The molecule has 6 heteroatoms. The average molecular weight is 347 g/mol. The summed E-state index contributed by atoms with van der Waals surface area (Å²) in [5.74, 6) is 1.88. The van der Waals surface area contributed by atoms with Crippen LogP contribution in [0.1, 0.15) is 24.0 Å². The van der Waals surface area contributed by atoms with Gasteiger partial charge in [-0.05, 0) is 48.4 Å². The molecule has 0 fully saturated rings.